The maximum absolute atomic E-state index is 12.2. The lowest BCUT2D eigenvalue weighted by Crippen LogP contribution is -2.34. The quantitative estimate of drug-likeness (QED) is 0.116. The molecular weight excluding hydrogens is 576 g/mol. The lowest BCUT2D eigenvalue weighted by atomic mass is 9.81. The van der Waals surface area contributed by atoms with Gasteiger partial charge in [-0.1, -0.05) is 130 Å². The second kappa shape index (κ2) is 15.8. The highest BCUT2D eigenvalue weighted by atomic mass is 16.5. The summed E-state index contributed by atoms with van der Waals surface area (Å²) in [5.74, 6) is 1.50. The number of ether oxygens (including phenoxy) is 2. The summed E-state index contributed by atoms with van der Waals surface area (Å²) in [7, 11) is 0. The second-order valence-corrected chi connectivity index (χ2v) is 14.3. The van der Waals surface area contributed by atoms with E-state index in [0.29, 0.717) is 31.4 Å². The Kier molecular flexibility index (Phi) is 12.0. The predicted molar refractivity (Wildman–Crippen MR) is 197 cm³/mol. The van der Waals surface area contributed by atoms with Crippen LogP contribution in [0.1, 0.15) is 126 Å². The van der Waals surface area contributed by atoms with E-state index in [1.54, 1.807) is 6.92 Å². The summed E-state index contributed by atoms with van der Waals surface area (Å²) in [4.78, 5) is 12.2. The first-order chi connectivity index (χ1) is 22.3. The van der Waals surface area contributed by atoms with Crippen molar-refractivity contribution in [1.29, 1.82) is 0 Å². The molecule has 3 unspecified atom stereocenters. The zero-order valence-electron chi connectivity index (χ0n) is 29.8. The number of rotatable bonds is 16. The Morgan fingerprint density at radius 2 is 1.06 bits per heavy atom. The van der Waals surface area contributed by atoms with E-state index in [-0.39, 0.29) is 23.5 Å². The zero-order valence-corrected chi connectivity index (χ0v) is 29.8. The van der Waals surface area contributed by atoms with E-state index in [1.165, 1.54) is 33.4 Å². The molecule has 4 aromatic carbocycles. The van der Waals surface area contributed by atoms with Crippen molar-refractivity contribution >= 4 is 5.78 Å². The third-order valence-electron chi connectivity index (χ3n) is 9.51. The SMILES string of the molecule is C=C(C)C(=O)CCC(C)(C)OCCC(C)(C)Oc1c(C(C)c2ccccc2)cc(C(C)c2ccccc2)cc1C(C)c1ccccc1. The van der Waals surface area contributed by atoms with Gasteiger partial charge in [-0.25, -0.2) is 0 Å². The van der Waals surface area contributed by atoms with Crippen molar-refractivity contribution in [3.05, 3.63) is 149 Å². The van der Waals surface area contributed by atoms with Crippen LogP contribution in [-0.4, -0.2) is 23.6 Å². The van der Waals surface area contributed by atoms with Gasteiger partial charge in [0.1, 0.15) is 11.4 Å². The summed E-state index contributed by atoms with van der Waals surface area (Å²) in [6.07, 6.45) is 1.79. The van der Waals surface area contributed by atoms with Gasteiger partial charge < -0.3 is 9.47 Å². The smallest absolute Gasteiger partial charge is 0.158 e. The number of benzene rings is 4. The van der Waals surface area contributed by atoms with Crippen LogP contribution >= 0.6 is 0 Å². The van der Waals surface area contributed by atoms with Gasteiger partial charge in [-0.05, 0) is 68.9 Å². The molecule has 3 nitrogen and oxygen atoms in total. The molecule has 3 heteroatoms. The van der Waals surface area contributed by atoms with E-state index < -0.39 is 11.2 Å². The summed E-state index contributed by atoms with van der Waals surface area (Å²) in [5.41, 5.74) is 7.15. The molecule has 0 N–H and O–H groups in total. The third-order valence-corrected chi connectivity index (χ3v) is 9.51. The number of carbonyl (C=O) groups excluding carboxylic acids is 1. The highest BCUT2D eigenvalue weighted by Crippen LogP contribution is 2.44. The van der Waals surface area contributed by atoms with Crippen molar-refractivity contribution in [2.24, 2.45) is 0 Å². The van der Waals surface area contributed by atoms with Crippen molar-refractivity contribution in [2.75, 3.05) is 6.61 Å². The molecule has 0 saturated heterocycles. The summed E-state index contributed by atoms with van der Waals surface area (Å²) >= 11 is 0. The number of ketones is 1. The fraction of sp³-hybridized carbons (Fsp3) is 0.386. The topological polar surface area (TPSA) is 35.5 Å². The molecule has 0 aromatic heterocycles. The molecule has 0 fully saturated rings. The van der Waals surface area contributed by atoms with Crippen LogP contribution in [0.3, 0.4) is 0 Å². The van der Waals surface area contributed by atoms with E-state index in [4.69, 9.17) is 9.47 Å². The first-order valence-corrected chi connectivity index (χ1v) is 17.1. The van der Waals surface area contributed by atoms with Crippen LogP contribution in [0.4, 0.5) is 0 Å². The maximum Gasteiger partial charge on any atom is 0.158 e. The first kappa shape index (κ1) is 35.9. The number of allylic oxidation sites excluding steroid dienone is 1. The van der Waals surface area contributed by atoms with Gasteiger partial charge in [0, 0.05) is 41.7 Å². The minimum atomic E-state index is -0.507. The molecule has 248 valence electrons. The molecule has 0 bridgehead atoms. The first-order valence-electron chi connectivity index (χ1n) is 17.1. The van der Waals surface area contributed by atoms with Crippen LogP contribution in [0.25, 0.3) is 0 Å². The van der Waals surface area contributed by atoms with Gasteiger partial charge in [0.2, 0.25) is 0 Å². The van der Waals surface area contributed by atoms with Gasteiger partial charge in [0.05, 0.1) is 12.2 Å². The van der Waals surface area contributed by atoms with Gasteiger partial charge in [0.25, 0.3) is 0 Å². The van der Waals surface area contributed by atoms with Crippen molar-refractivity contribution in [2.45, 2.75) is 104 Å². The molecule has 4 rings (SSSR count). The Labute approximate surface area is 284 Å². The van der Waals surface area contributed by atoms with Gasteiger partial charge in [0.15, 0.2) is 5.78 Å². The number of Topliss-reactive ketones (excluding diaryl/α,β-unsaturated/α-hetero) is 1. The second-order valence-electron chi connectivity index (χ2n) is 14.3. The van der Waals surface area contributed by atoms with Gasteiger partial charge in [-0.15, -0.1) is 0 Å². The average Bonchev–Trinajstić information content (AvgIpc) is 3.07. The van der Waals surface area contributed by atoms with Crippen LogP contribution in [0.5, 0.6) is 5.75 Å². The summed E-state index contributed by atoms with van der Waals surface area (Å²) < 4.78 is 13.6. The van der Waals surface area contributed by atoms with E-state index >= 15 is 0 Å². The van der Waals surface area contributed by atoms with Crippen molar-refractivity contribution in [1.82, 2.24) is 0 Å². The van der Waals surface area contributed by atoms with Gasteiger partial charge in [-0.2, -0.15) is 0 Å². The predicted octanol–water partition coefficient (Wildman–Crippen LogP) is 11.4. The Balaban J connectivity index is 1.74. The van der Waals surface area contributed by atoms with E-state index in [0.717, 1.165) is 5.75 Å². The molecular formula is C44H54O3. The molecule has 0 amide bonds. The Morgan fingerprint density at radius 3 is 1.49 bits per heavy atom. The van der Waals surface area contributed by atoms with E-state index in [9.17, 15) is 4.79 Å². The van der Waals surface area contributed by atoms with Crippen molar-refractivity contribution in [3.63, 3.8) is 0 Å². The minimum absolute atomic E-state index is 0.0931. The lowest BCUT2D eigenvalue weighted by Gasteiger charge is -2.34. The van der Waals surface area contributed by atoms with E-state index in [1.807, 2.05) is 0 Å². The Hall–Kier alpha value is -3.95. The largest absolute Gasteiger partial charge is 0.487 e. The summed E-state index contributed by atoms with van der Waals surface area (Å²) in [6, 6.07) is 36.9. The summed E-state index contributed by atoms with van der Waals surface area (Å²) in [6.45, 7) is 21.4. The van der Waals surface area contributed by atoms with Gasteiger partial charge in [-0.3, -0.25) is 4.79 Å². The number of hydrogen-bond acceptors (Lipinski definition) is 3. The Morgan fingerprint density at radius 1 is 0.638 bits per heavy atom. The average molecular weight is 631 g/mol. The van der Waals surface area contributed by atoms with Crippen LogP contribution in [0.15, 0.2) is 115 Å². The fourth-order valence-electron chi connectivity index (χ4n) is 6.09. The molecule has 0 aliphatic heterocycles. The number of carbonyl (C=O) groups is 1. The third kappa shape index (κ3) is 9.78. The van der Waals surface area contributed by atoms with Crippen LogP contribution in [0, 0.1) is 0 Å². The maximum atomic E-state index is 12.2. The molecule has 0 aliphatic rings. The monoisotopic (exact) mass is 630 g/mol. The molecule has 0 radical (unpaired) electrons. The van der Waals surface area contributed by atoms with Gasteiger partial charge >= 0.3 is 0 Å². The van der Waals surface area contributed by atoms with Crippen molar-refractivity contribution in [3.8, 4) is 5.75 Å². The lowest BCUT2D eigenvalue weighted by molar-refractivity contribution is -0.117. The number of hydrogen-bond donors (Lipinski definition) is 0. The highest BCUT2D eigenvalue weighted by Gasteiger charge is 2.30. The van der Waals surface area contributed by atoms with Crippen LogP contribution < -0.4 is 4.74 Å². The normalized spacial score (nSPS) is 13.9. The van der Waals surface area contributed by atoms with Crippen LogP contribution in [0.2, 0.25) is 0 Å². The van der Waals surface area contributed by atoms with Crippen molar-refractivity contribution < 1.29 is 14.3 Å². The molecule has 3 atom stereocenters. The summed E-state index contributed by atoms with van der Waals surface area (Å²) in [5, 5.41) is 0. The van der Waals surface area contributed by atoms with Crippen LogP contribution in [-0.2, 0) is 9.53 Å². The fourth-order valence-corrected chi connectivity index (χ4v) is 6.09. The Bertz CT molecular complexity index is 1540. The van der Waals surface area contributed by atoms with E-state index in [2.05, 4.69) is 158 Å². The standard InChI is InChI=1S/C44H54O3/c1-31(2)41(45)25-26-43(6,7)46-28-27-44(8,9)47-42-39(33(4)36-21-15-11-16-22-36)29-38(32(3)35-19-13-10-14-20-35)30-40(42)34(5)37-23-17-12-18-24-37/h10-24,29-30,32-34H,1,25-28H2,2-9H3. The molecule has 0 aliphatic carbocycles. The minimum Gasteiger partial charge on any atom is -0.487 e. The zero-order chi connectivity index (χ0) is 34.2. The molecule has 0 heterocycles. The highest BCUT2D eigenvalue weighted by molar-refractivity contribution is 5.94. The molecule has 4 aromatic rings. The molecule has 47 heavy (non-hydrogen) atoms. The molecule has 0 spiro atoms. The molecule has 0 saturated carbocycles.